The van der Waals surface area contributed by atoms with Gasteiger partial charge in [-0.25, -0.2) is 0 Å². The molecule has 1 saturated heterocycles. The van der Waals surface area contributed by atoms with Crippen LogP contribution in [-0.4, -0.2) is 40.1 Å². The van der Waals surface area contributed by atoms with Crippen molar-refractivity contribution >= 4 is 11.9 Å². The molecule has 0 unspecified atom stereocenters. The van der Waals surface area contributed by atoms with Gasteiger partial charge in [0.05, 0.1) is 11.1 Å². The van der Waals surface area contributed by atoms with Crippen LogP contribution in [0.25, 0.3) is 0 Å². The molecular formula is C13H18N2O4. The quantitative estimate of drug-likeness (QED) is 0.900. The number of amides is 1. The third-order valence-corrected chi connectivity index (χ3v) is 3.98. The van der Waals surface area contributed by atoms with Crippen LogP contribution >= 0.6 is 0 Å². The van der Waals surface area contributed by atoms with Crippen molar-refractivity contribution in [2.75, 3.05) is 13.1 Å². The maximum atomic E-state index is 12.1. The van der Waals surface area contributed by atoms with Crippen LogP contribution in [-0.2, 0) is 4.79 Å². The van der Waals surface area contributed by atoms with Crippen molar-refractivity contribution in [3.8, 4) is 0 Å². The molecule has 1 aliphatic heterocycles. The second kappa shape index (κ2) is 5.03. The van der Waals surface area contributed by atoms with Crippen LogP contribution in [0.3, 0.4) is 0 Å². The number of hydrogen-bond acceptors (Lipinski definition) is 4. The van der Waals surface area contributed by atoms with Crippen LogP contribution in [0.4, 0.5) is 0 Å². The van der Waals surface area contributed by atoms with E-state index in [-0.39, 0.29) is 11.7 Å². The molecule has 0 bridgehead atoms. The van der Waals surface area contributed by atoms with Crippen LogP contribution in [0.15, 0.2) is 10.6 Å². The van der Waals surface area contributed by atoms with Crippen molar-refractivity contribution in [1.82, 2.24) is 10.1 Å². The van der Waals surface area contributed by atoms with E-state index >= 15 is 0 Å². The van der Waals surface area contributed by atoms with Gasteiger partial charge >= 0.3 is 5.97 Å². The minimum atomic E-state index is -0.766. The molecule has 6 heteroatoms. The first kappa shape index (κ1) is 13.6. The lowest BCUT2D eigenvalue weighted by Crippen LogP contribution is -2.46. The monoisotopic (exact) mass is 266 g/mol. The highest BCUT2D eigenvalue weighted by atomic mass is 16.5. The van der Waals surface area contributed by atoms with Crippen molar-refractivity contribution in [1.29, 1.82) is 0 Å². The molecule has 1 fully saturated rings. The highest BCUT2D eigenvalue weighted by Crippen LogP contribution is 2.35. The van der Waals surface area contributed by atoms with Gasteiger partial charge in [-0.2, -0.15) is 0 Å². The van der Waals surface area contributed by atoms with Gasteiger partial charge in [-0.15, -0.1) is 0 Å². The number of aromatic nitrogens is 1. The summed E-state index contributed by atoms with van der Waals surface area (Å²) in [5.41, 5.74) is -0.0255. The summed E-state index contributed by atoms with van der Waals surface area (Å²) in [6.07, 6.45) is 1.56. The Kier molecular flexibility index (Phi) is 3.59. The Hall–Kier alpha value is -1.85. The molecule has 0 atom stereocenters. The summed E-state index contributed by atoms with van der Waals surface area (Å²) in [5, 5.41) is 13.0. The smallest absolute Gasteiger partial charge is 0.309 e. The summed E-state index contributed by atoms with van der Waals surface area (Å²) in [6.45, 7) is 4.52. The number of carbonyl (C=O) groups excluding carboxylic acids is 1. The van der Waals surface area contributed by atoms with Crippen molar-refractivity contribution in [3.05, 3.63) is 17.5 Å². The lowest BCUT2D eigenvalue weighted by Gasteiger charge is -2.37. The Morgan fingerprint density at radius 3 is 2.53 bits per heavy atom. The standard InChI is InChI=1S/C13H18N2O4/c1-3-13(12(17)18)4-6-15(7-5-13)11(16)10-8-9(2)14-19-10/h8H,3-7H2,1-2H3,(H,17,18). The zero-order chi connectivity index (χ0) is 14.0. The second-order valence-corrected chi connectivity index (χ2v) is 5.06. The molecule has 1 N–H and O–H groups in total. The SMILES string of the molecule is CCC1(C(=O)O)CCN(C(=O)c2cc(C)no2)CC1. The van der Waals surface area contributed by atoms with Crippen LogP contribution in [0, 0.1) is 12.3 Å². The number of likely N-dealkylation sites (tertiary alicyclic amines) is 1. The predicted molar refractivity (Wildman–Crippen MR) is 66.7 cm³/mol. The molecule has 1 aromatic rings. The van der Waals surface area contributed by atoms with E-state index in [0.717, 1.165) is 0 Å². The van der Waals surface area contributed by atoms with Gasteiger partial charge in [-0.1, -0.05) is 12.1 Å². The number of hydrogen-bond donors (Lipinski definition) is 1. The van der Waals surface area contributed by atoms with Gasteiger partial charge < -0.3 is 14.5 Å². The number of aryl methyl sites for hydroxylation is 1. The summed E-state index contributed by atoms with van der Waals surface area (Å²) < 4.78 is 4.95. The van der Waals surface area contributed by atoms with Crippen LogP contribution in [0.5, 0.6) is 0 Å². The maximum Gasteiger partial charge on any atom is 0.309 e. The molecule has 2 heterocycles. The molecule has 6 nitrogen and oxygen atoms in total. The fourth-order valence-corrected chi connectivity index (χ4v) is 2.48. The topological polar surface area (TPSA) is 83.6 Å². The first-order valence-electron chi connectivity index (χ1n) is 6.44. The third kappa shape index (κ3) is 2.47. The lowest BCUT2D eigenvalue weighted by atomic mass is 9.76. The first-order chi connectivity index (χ1) is 8.98. The molecule has 104 valence electrons. The van der Waals surface area contributed by atoms with E-state index in [1.54, 1.807) is 17.9 Å². The van der Waals surface area contributed by atoms with Gasteiger partial charge in [0.15, 0.2) is 0 Å². The summed E-state index contributed by atoms with van der Waals surface area (Å²) in [5.74, 6) is -0.759. The van der Waals surface area contributed by atoms with E-state index in [0.29, 0.717) is 38.0 Å². The number of carbonyl (C=O) groups is 2. The number of nitrogens with zero attached hydrogens (tertiary/aromatic N) is 2. The summed E-state index contributed by atoms with van der Waals surface area (Å²) in [4.78, 5) is 25.1. The number of rotatable bonds is 3. The number of aliphatic carboxylic acids is 1. The third-order valence-electron chi connectivity index (χ3n) is 3.98. The Morgan fingerprint density at radius 2 is 2.11 bits per heavy atom. The molecule has 0 spiro atoms. The Balaban J connectivity index is 2.04. The zero-order valence-corrected chi connectivity index (χ0v) is 11.2. The van der Waals surface area contributed by atoms with E-state index in [1.165, 1.54) is 0 Å². The first-order valence-corrected chi connectivity index (χ1v) is 6.44. The normalized spacial score (nSPS) is 18.3. The van der Waals surface area contributed by atoms with E-state index in [2.05, 4.69) is 5.16 Å². The minimum Gasteiger partial charge on any atom is -0.481 e. The predicted octanol–water partition coefficient (Wildman–Crippen LogP) is 1.70. The molecule has 0 aliphatic carbocycles. The van der Waals surface area contributed by atoms with E-state index < -0.39 is 11.4 Å². The molecular weight excluding hydrogens is 248 g/mol. The highest BCUT2D eigenvalue weighted by molar-refractivity contribution is 5.91. The molecule has 2 rings (SSSR count). The van der Waals surface area contributed by atoms with E-state index in [9.17, 15) is 14.7 Å². The number of carboxylic acids is 1. The summed E-state index contributed by atoms with van der Waals surface area (Å²) >= 11 is 0. The van der Waals surface area contributed by atoms with Crippen LogP contribution in [0.2, 0.25) is 0 Å². The fourth-order valence-electron chi connectivity index (χ4n) is 2.48. The van der Waals surface area contributed by atoms with Gasteiger partial charge in [0.25, 0.3) is 5.91 Å². The van der Waals surface area contributed by atoms with E-state index in [1.807, 2.05) is 6.92 Å². The molecule has 0 aromatic carbocycles. The second-order valence-electron chi connectivity index (χ2n) is 5.06. The number of piperidine rings is 1. The fraction of sp³-hybridized carbons (Fsp3) is 0.615. The van der Waals surface area contributed by atoms with Gasteiger partial charge in [-0.3, -0.25) is 9.59 Å². The minimum absolute atomic E-state index is 0.212. The van der Waals surface area contributed by atoms with Gasteiger partial charge in [0.2, 0.25) is 5.76 Å². The Labute approximate surface area is 111 Å². The van der Waals surface area contributed by atoms with Crippen molar-refractivity contribution in [2.45, 2.75) is 33.1 Å². The highest BCUT2D eigenvalue weighted by Gasteiger charge is 2.41. The number of carboxylic acid groups (broad SMARTS) is 1. The summed E-state index contributed by atoms with van der Waals surface area (Å²) in [6, 6.07) is 1.60. The van der Waals surface area contributed by atoms with Crippen LogP contribution < -0.4 is 0 Å². The zero-order valence-electron chi connectivity index (χ0n) is 11.2. The maximum absolute atomic E-state index is 12.1. The van der Waals surface area contributed by atoms with Crippen molar-refractivity contribution in [2.24, 2.45) is 5.41 Å². The van der Waals surface area contributed by atoms with Gasteiger partial charge in [0.1, 0.15) is 0 Å². The average molecular weight is 266 g/mol. The van der Waals surface area contributed by atoms with Gasteiger partial charge in [-0.05, 0) is 26.2 Å². The van der Waals surface area contributed by atoms with Crippen LogP contribution in [0.1, 0.15) is 42.4 Å². The lowest BCUT2D eigenvalue weighted by molar-refractivity contribution is -0.152. The molecule has 0 radical (unpaired) electrons. The summed E-state index contributed by atoms with van der Waals surface area (Å²) in [7, 11) is 0. The van der Waals surface area contributed by atoms with E-state index in [4.69, 9.17) is 4.52 Å². The molecule has 1 aliphatic rings. The Bertz CT molecular complexity index is 487. The largest absolute Gasteiger partial charge is 0.481 e. The van der Waals surface area contributed by atoms with Gasteiger partial charge in [0, 0.05) is 19.2 Å². The van der Waals surface area contributed by atoms with Crippen molar-refractivity contribution < 1.29 is 19.2 Å². The molecule has 1 amide bonds. The molecule has 0 saturated carbocycles. The average Bonchev–Trinajstić information content (AvgIpc) is 2.84. The molecule has 19 heavy (non-hydrogen) atoms. The Morgan fingerprint density at radius 1 is 1.47 bits per heavy atom. The van der Waals surface area contributed by atoms with Crippen molar-refractivity contribution in [3.63, 3.8) is 0 Å². The molecule has 1 aromatic heterocycles.